The number of carbonyl (C=O) groups is 1. The molecule has 1 amide bonds. The Morgan fingerprint density at radius 2 is 1.90 bits per heavy atom. The number of benzene rings is 3. The third-order valence-corrected chi connectivity index (χ3v) is 7.76. The van der Waals surface area contributed by atoms with Gasteiger partial charge in [-0.15, -0.1) is 0 Å². The molecule has 3 aromatic carbocycles. The van der Waals surface area contributed by atoms with Gasteiger partial charge in [-0.3, -0.25) is 4.79 Å². The summed E-state index contributed by atoms with van der Waals surface area (Å²) in [5.41, 5.74) is 7.42. The van der Waals surface area contributed by atoms with E-state index in [0.717, 1.165) is 56.5 Å². The molecule has 6 nitrogen and oxygen atoms in total. The van der Waals surface area contributed by atoms with E-state index in [4.69, 9.17) is 0 Å². The van der Waals surface area contributed by atoms with Gasteiger partial charge in [0, 0.05) is 29.8 Å². The average Bonchev–Trinajstić information content (AvgIpc) is 3.24. The van der Waals surface area contributed by atoms with Crippen LogP contribution in [0, 0.1) is 11.3 Å². The molecule has 0 bridgehead atoms. The molecule has 0 saturated carbocycles. The van der Waals surface area contributed by atoms with Crippen molar-refractivity contribution >= 4 is 33.1 Å². The summed E-state index contributed by atoms with van der Waals surface area (Å²) < 4.78 is 2.94. The summed E-state index contributed by atoms with van der Waals surface area (Å²) in [7, 11) is 0. The zero-order valence-electron chi connectivity index (χ0n) is 22.1. The van der Waals surface area contributed by atoms with Crippen LogP contribution in [0.5, 0.6) is 5.75 Å². The molecule has 0 spiro atoms. The lowest BCUT2D eigenvalue weighted by atomic mass is 10.00. The molecular formula is C33H29BrN4O2. The zero-order chi connectivity index (χ0) is 28.1. The van der Waals surface area contributed by atoms with E-state index in [1.54, 1.807) is 18.2 Å². The second-order valence-electron chi connectivity index (χ2n) is 9.85. The van der Waals surface area contributed by atoms with Crippen molar-refractivity contribution in [2.24, 2.45) is 0 Å². The molecule has 7 heteroatoms. The lowest BCUT2D eigenvalue weighted by Crippen LogP contribution is -2.23. The van der Waals surface area contributed by atoms with Crippen molar-refractivity contribution in [3.63, 3.8) is 0 Å². The van der Waals surface area contributed by atoms with Gasteiger partial charge in [-0.1, -0.05) is 60.7 Å². The van der Waals surface area contributed by atoms with Crippen molar-refractivity contribution in [3.8, 4) is 11.8 Å². The number of aromatic hydroxyl groups is 1. The first-order valence-corrected chi connectivity index (χ1v) is 14.0. The minimum absolute atomic E-state index is 0.165. The third kappa shape index (κ3) is 6.08. The Morgan fingerprint density at radius 3 is 2.73 bits per heavy atom. The molecule has 0 radical (unpaired) electrons. The number of nitrogens with zero attached hydrogens (tertiary/aromatic N) is 3. The standard InChI is InChI=1S/C33H29BrN4O2/c1-22(19-35)25-8-5-9-27(17-25)33(40)36-20-24-7-4-6-23(16-24)12-14-28-18-26(29-10-2-3-11-32(29)39)13-15-31-30(34)21-37-38(28)31/h2-11,13,16-18,21-22,39H,12,14-15,20H2,1H3,(H,36,40). The highest BCUT2D eigenvalue weighted by atomic mass is 79.9. The molecule has 5 rings (SSSR count). The van der Waals surface area contributed by atoms with Crippen LogP contribution in [0.4, 0.5) is 0 Å². The van der Waals surface area contributed by atoms with Crippen LogP contribution in [-0.2, 0) is 19.4 Å². The van der Waals surface area contributed by atoms with Gasteiger partial charge < -0.3 is 10.4 Å². The van der Waals surface area contributed by atoms with E-state index >= 15 is 0 Å². The Hall–Kier alpha value is -4.41. The number of hydrogen-bond donors (Lipinski definition) is 2. The quantitative estimate of drug-likeness (QED) is 0.230. The lowest BCUT2D eigenvalue weighted by Gasteiger charge is -2.12. The first-order valence-electron chi connectivity index (χ1n) is 13.2. The number of amides is 1. The maximum absolute atomic E-state index is 12.8. The number of aryl methyl sites for hydroxylation is 1. The third-order valence-electron chi connectivity index (χ3n) is 7.10. The summed E-state index contributed by atoms with van der Waals surface area (Å²) in [5, 5.41) is 27.3. The Morgan fingerprint density at radius 1 is 1.10 bits per heavy atom. The van der Waals surface area contributed by atoms with Crippen LogP contribution in [0.2, 0.25) is 0 Å². The largest absolute Gasteiger partial charge is 0.507 e. The monoisotopic (exact) mass is 592 g/mol. The summed E-state index contributed by atoms with van der Waals surface area (Å²) >= 11 is 3.63. The number of phenols is 1. The molecule has 0 aliphatic carbocycles. The topological polar surface area (TPSA) is 90.9 Å². The van der Waals surface area contributed by atoms with Crippen molar-refractivity contribution in [1.29, 1.82) is 5.26 Å². The normalized spacial score (nSPS) is 13.3. The van der Waals surface area contributed by atoms with Crippen molar-refractivity contribution in [1.82, 2.24) is 15.1 Å². The van der Waals surface area contributed by atoms with Gasteiger partial charge in [0.05, 0.1) is 28.4 Å². The fourth-order valence-electron chi connectivity index (χ4n) is 4.85. The van der Waals surface area contributed by atoms with Crippen LogP contribution in [0.1, 0.15) is 57.6 Å². The second-order valence-corrected chi connectivity index (χ2v) is 10.7. The number of phenolic OH excluding ortho intramolecular Hbond substituents is 1. The van der Waals surface area contributed by atoms with Crippen LogP contribution in [0.3, 0.4) is 0 Å². The minimum Gasteiger partial charge on any atom is -0.507 e. The minimum atomic E-state index is -0.267. The lowest BCUT2D eigenvalue weighted by molar-refractivity contribution is 0.0950. The number of aromatic nitrogens is 2. The second kappa shape index (κ2) is 12.2. The summed E-state index contributed by atoms with van der Waals surface area (Å²) in [5.74, 6) is -0.179. The fraction of sp³-hybridized carbons (Fsp3) is 0.182. The summed E-state index contributed by atoms with van der Waals surface area (Å²) in [6, 6.07) is 25.0. The van der Waals surface area contributed by atoms with Gasteiger partial charge in [0.2, 0.25) is 0 Å². The Bertz CT molecular complexity index is 1660. The van der Waals surface area contributed by atoms with E-state index in [9.17, 15) is 15.2 Å². The number of fused-ring (bicyclic) bond motifs is 1. The molecule has 4 aromatic rings. The highest BCUT2D eigenvalue weighted by Gasteiger charge is 2.18. The Kier molecular flexibility index (Phi) is 8.28. The molecule has 0 fully saturated rings. The van der Waals surface area contributed by atoms with Crippen LogP contribution >= 0.6 is 15.9 Å². The van der Waals surface area contributed by atoms with Gasteiger partial charge >= 0.3 is 0 Å². The first-order chi connectivity index (χ1) is 19.4. The number of rotatable bonds is 8. The molecule has 1 atom stereocenters. The number of allylic oxidation sites excluding steroid dienone is 4. The number of para-hydroxylation sites is 1. The van der Waals surface area contributed by atoms with Crippen LogP contribution in [0.25, 0.3) is 11.3 Å². The molecule has 2 N–H and O–H groups in total. The number of halogens is 1. The van der Waals surface area contributed by atoms with Gasteiger partial charge in [0.15, 0.2) is 0 Å². The van der Waals surface area contributed by atoms with E-state index in [-0.39, 0.29) is 17.6 Å². The Labute approximate surface area is 242 Å². The maximum atomic E-state index is 12.8. The number of carbonyl (C=O) groups excluding carboxylic acids is 1. The highest BCUT2D eigenvalue weighted by Crippen LogP contribution is 2.33. The van der Waals surface area contributed by atoms with Crippen LogP contribution in [0.15, 0.2) is 95.6 Å². The predicted octanol–water partition coefficient (Wildman–Crippen LogP) is 7.02. The van der Waals surface area contributed by atoms with Crippen LogP contribution < -0.4 is 5.32 Å². The van der Waals surface area contributed by atoms with Crippen molar-refractivity contribution < 1.29 is 9.90 Å². The number of nitriles is 1. The highest BCUT2D eigenvalue weighted by molar-refractivity contribution is 9.10. The summed E-state index contributed by atoms with van der Waals surface area (Å²) in [6.07, 6.45) is 8.27. The van der Waals surface area contributed by atoms with Crippen molar-refractivity contribution in [2.45, 2.75) is 38.6 Å². The van der Waals surface area contributed by atoms with Crippen molar-refractivity contribution in [2.75, 3.05) is 0 Å². The molecule has 40 heavy (non-hydrogen) atoms. The molecular weight excluding hydrogens is 564 g/mol. The predicted molar refractivity (Wildman–Crippen MR) is 160 cm³/mol. The van der Waals surface area contributed by atoms with Gasteiger partial charge in [-0.25, -0.2) is 4.68 Å². The van der Waals surface area contributed by atoms with Crippen LogP contribution in [-0.4, -0.2) is 20.8 Å². The fourth-order valence-corrected chi connectivity index (χ4v) is 5.27. The van der Waals surface area contributed by atoms with Crippen molar-refractivity contribution in [3.05, 3.63) is 129 Å². The maximum Gasteiger partial charge on any atom is 0.251 e. The van der Waals surface area contributed by atoms with E-state index in [1.807, 2.05) is 60.3 Å². The molecule has 1 aliphatic heterocycles. The van der Waals surface area contributed by atoms with Gasteiger partial charge in [0.1, 0.15) is 5.75 Å². The zero-order valence-corrected chi connectivity index (χ0v) is 23.7. The molecule has 1 unspecified atom stereocenters. The smallest absolute Gasteiger partial charge is 0.251 e. The van der Waals surface area contributed by atoms with E-state index in [0.29, 0.717) is 18.5 Å². The molecule has 2 heterocycles. The molecule has 1 aromatic heterocycles. The SMILES string of the molecule is CC(C#N)c1cccc(C(=O)NCc2cccc(CCC3=CC(c4ccccc4O)=CCc4c(Br)cnn43)c2)c1. The average molecular weight is 594 g/mol. The summed E-state index contributed by atoms with van der Waals surface area (Å²) in [4.78, 5) is 12.8. The number of hydrogen-bond acceptors (Lipinski definition) is 4. The summed E-state index contributed by atoms with van der Waals surface area (Å²) in [6.45, 7) is 2.23. The molecule has 200 valence electrons. The van der Waals surface area contributed by atoms with E-state index in [2.05, 4.69) is 56.7 Å². The van der Waals surface area contributed by atoms with E-state index in [1.165, 1.54) is 0 Å². The van der Waals surface area contributed by atoms with Gasteiger partial charge in [-0.2, -0.15) is 10.4 Å². The van der Waals surface area contributed by atoms with Gasteiger partial charge in [0.25, 0.3) is 5.91 Å². The van der Waals surface area contributed by atoms with E-state index < -0.39 is 0 Å². The Balaban J connectivity index is 1.29. The van der Waals surface area contributed by atoms with Gasteiger partial charge in [-0.05, 0) is 82.2 Å². The molecule has 0 saturated heterocycles. The molecule has 1 aliphatic rings. The first kappa shape index (κ1) is 27.2. The number of nitrogens with one attached hydrogen (secondary N) is 1.